The second-order valence-electron chi connectivity index (χ2n) is 5.06. The predicted molar refractivity (Wildman–Crippen MR) is 73.9 cm³/mol. The summed E-state index contributed by atoms with van der Waals surface area (Å²) in [6, 6.07) is 13.2. The normalized spacial score (nSPS) is 16.3. The Bertz CT molecular complexity index is 564. The molecule has 2 aromatic carbocycles. The fourth-order valence-corrected chi connectivity index (χ4v) is 2.79. The maximum Gasteiger partial charge on any atom is 0.124 e. The largest absolute Gasteiger partial charge is 0.507 e. The lowest BCUT2D eigenvalue weighted by atomic mass is 10.0. The minimum Gasteiger partial charge on any atom is -0.507 e. The third-order valence-electron chi connectivity index (χ3n) is 3.89. The van der Waals surface area contributed by atoms with Gasteiger partial charge in [0.25, 0.3) is 0 Å². The highest BCUT2D eigenvalue weighted by atomic mass is 16.3. The van der Waals surface area contributed by atoms with E-state index < -0.39 is 0 Å². The highest BCUT2D eigenvalue weighted by molar-refractivity contribution is 5.45. The first-order valence-electron chi connectivity index (χ1n) is 6.48. The van der Waals surface area contributed by atoms with Crippen LogP contribution < -0.4 is 0 Å². The third-order valence-corrected chi connectivity index (χ3v) is 3.89. The van der Waals surface area contributed by atoms with Gasteiger partial charge in [0.2, 0.25) is 0 Å². The van der Waals surface area contributed by atoms with Crippen molar-refractivity contribution >= 4 is 0 Å². The monoisotopic (exact) mass is 255 g/mol. The average Bonchev–Trinajstić information content (AvgIpc) is 2.82. The number of nitrogens with zero attached hydrogens (tertiary/aromatic N) is 1. The first-order valence-corrected chi connectivity index (χ1v) is 6.48. The van der Waals surface area contributed by atoms with E-state index >= 15 is 0 Å². The summed E-state index contributed by atoms with van der Waals surface area (Å²) in [6.45, 7) is 3.72. The first kappa shape index (κ1) is 12.1. The maximum atomic E-state index is 9.95. The SMILES string of the molecule is CC(c1c(O)cccc1O)N1Cc2ccccc2C1. The number of phenolic OH excluding ortho intramolecular Hbond substituents is 2. The molecule has 19 heavy (non-hydrogen) atoms. The van der Waals surface area contributed by atoms with E-state index in [4.69, 9.17) is 0 Å². The molecule has 0 saturated carbocycles. The summed E-state index contributed by atoms with van der Waals surface area (Å²) in [6.07, 6.45) is 0. The fourth-order valence-electron chi connectivity index (χ4n) is 2.79. The zero-order valence-electron chi connectivity index (χ0n) is 10.9. The third kappa shape index (κ3) is 2.06. The van der Waals surface area contributed by atoms with Gasteiger partial charge in [0, 0.05) is 19.1 Å². The van der Waals surface area contributed by atoms with Crippen molar-refractivity contribution in [2.24, 2.45) is 0 Å². The minimum absolute atomic E-state index is 0.0198. The van der Waals surface area contributed by atoms with Crippen LogP contribution in [-0.4, -0.2) is 15.1 Å². The Labute approximate surface area is 112 Å². The van der Waals surface area contributed by atoms with E-state index in [9.17, 15) is 10.2 Å². The summed E-state index contributed by atoms with van der Waals surface area (Å²) in [5.41, 5.74) is 3.25. The van der Waals surface area contributed by atoms with E-state index in [-0.39, 0.29) is 17.5 Å². The number of aromatic hydroxyl groups is 2. The molecule has 0 amide bonds. The van der Waals surface area contributed by atoms with E-state index in [0.717, 1.165) is 13.1 Å². The summed E-state index contributed by atoms with van der Waals surface area (Å²) in [7, 11) is 0. The molecule has 0 saturated heterocycles. The molecule has 3 nitrogen and oxygen atoms in total. The average molecular weight is 255 g/mol. The van der Waals surface area contributed by atoms with Crippen LogP contribution in [0.3, 0.4) is 0 Å². The first-order chi connectivity index (χ1) is 9.16. The topological polar surface area (TPSA) is 43.7 Å². The van der Waals surface area contributed by atoms with Crippen molar-refractivity contribution in [2.75, 3.05) is 0 Å². The molecule has 0 radical (unpaired) electrons. The van der Waals surface area contributed by atoms with Gasteiger partial charge in [-0.15, -0.1) is 0 Å². The van der Waals surface area contributed by atoms with Crippen molar-refractivity contribution < 1.29 is 10.2 Å². The Hall–Kier alpha value is -2.00. The second-order valence-corrected chi connectivity index (χ2v) is 5.06. The Morgan fingerprint density at radius 3 is 1.95 bits per heavy atom. The zero-order valence-corrected chi connectivity index (χ0v) is 10.9. The highest BCUT2D eigenvalue weighted by Gasteiger charge is 2.26. The van der Waals surface area contributed by atoms with Gasteiger partial charge in [0.05, 0.1) is 5.56 Å². The second kappa shape index (κ2) is 4.59. The predicted octanol–water partition coefficient (Wildman–Crippen LogP) is 3.17. The molecule has 0 fully saturated rings. The summed E-state index contributed by atoms with van der Waals surface area (Å²) in [4.78, 5) is 2.25. The van der Waals surface area contributed by atoms with E-state index in [1.807, 2.05) is 19.1 Å². The van der Waals surface area contributed by atoms with Crippen molar-refractivity contribution in [2.45, 2.75) is 26.1 Å². The molecule has 0 bridgehead atoms. The van der Waals surface area contributed by atoms with Gasteiger partial charge >= 0.3 is 0 Å². The summed E-state index contributed by atoms with van der Waals surface area (Å²) >= 11 is 0. The molecule has 1 heterocycles. The van der Waals surface area contributed by atoms with Crippen LogP contribution in [0.15, 0.2) is 42.5 Å². The molecule has 1 aliphatic rings. The van der Waals surface area contributed by atoms with Crippen LogP contribution in [0.25, 0.3) is 0 Å². The van der Waals surface area contributed by atoms with Crippen molar-refractivity contribution in [3.05, 3.63) is 59.2 Å². The van der Waals surface area contributed by atoms with E-state index in [1.165, 1.54) is 11.1 Å². The van der Waals surface area contributed by atoms with Crippen molar-refractivity contribution in [1.82, 2.24) is 4.90 Å². The maximum absolute atomic E-state index is 9.95. The molecule has 98 valence electrons. The summed E-state index contributed by atoms with van der Waals surface area (Å²) < 4.78 is 0. The zero-order chi connectivity index (χ0) is 13.4. The molecule has 1 aliphatic heterocycles. The van der Waals surface area contributed by atoms with Gasteiger partial charge < -0.3 is 10.2 Å². The number of rotatable bonds is 2. The van der Waals surface area contributed by atoms with Crippen LogP contribution in [0.5, 0.6) is 11.5 Å². The molecule has 1 unspecified atom stereocenters. The smallest absolute Gasteiger partial charge is 0.124 e. The number of hydrogen-bond donors (Lipinski definition) is 2. The Kier molecular flexibility index (Phi) is 2.91. The lowest BCUT2D eigenvalue weighted by Gasteiger charge is -2.25. The van der Waals surface area contributed by atoms with Crippen LogP contribution >= 0.6 is 0 Å². The Balaban J connectivity index is 1.89. The lowest BCUT2D eigenvalue weighted by Crippen LogP contribution is -2.20. The van der Waals surface area contributed by atoms with Gasteiger partial charge in [-0.2, -0.15) is 0 Å². The van der Waals surface area contributed by atoms with E-state index in [2.05, 4.69) is 17.0 Å². The van der Waals surface area contributed by atoms with Gasteiger partial charge in [-0.3, -0.25) is 4.90 Å². The van der Waals surface area contributed by atoms with Gasteiger partial charge in [-0.05, 0) is 30.2 Å². The Morgan fingerprint density at radius 1 is 0.895 bits per heavy atom. The summed E-state index contributed by atoms with van der Waals surface area (Å²) in [5.74, 6) is 0.312. The lowest BCUT2D eigenvalue weighted by molar-refractivity contribution is 0.207. The van der Waals surface area contributed by atoms with Crippen LogP contribution in [0.2, 0.25) is 0 Å². The molecular weight excluding hydrogens is 238 g/mol. The van der Waals surface area contributed by atoms with Gasteiger partial charge in [0.15, 0.2) is 0 Å². The molecule has 3 heteroatoms. The molecule has 0 aliphatic carbocycles. The number of fused-ring (bicyclic) bond motifs is 1. The van der Waals surface area contributed by atoms with Crippen LogP contribution in [0.1, 0.15) is 29.7 Å². The van der Waals surface area contributed by atoms with Crippen LogP contribution in [-0.2, 0) is 13.1 Å². The number of hydrogen-bond acceptors (Lipinski definition) is 3. The van der Waals surface area contributed by atoms with E-state index in [1.54, 1.807) is 18.2 Å². The summed E-state index contributed by atoms with van der Waals surface area (Å²) in [5, 5.41) is 19.9. The van der Waals surface area contributed by atoms with Crippen molar-refractivity contribution in [3.8, 4) is 11.5 Å². The van der Waals surface area contributed by atoms with E-state index in [0.29, 0.717) is 5.56 Å². The highest BCUT2D eigenvalue weighted by Crippen LogP contribution is 2.38. The standard InChI is InChI=1S/C16H17NO2/c1-11(16-14(18)7-4-8-15(16)19)17-9-12-5-2-3-6-13(12)10-17/h2-8,11,18-19H,9-10H2,1H3. The quantitative estimate of drug-likeness (QED) is 0.866. The molecule has 2 aromatic rings. The Morgan fingerprint density at radius 2 is 1.42 bits per heavy atom. The molecule has 3 rings (SSSR count). The minimum atomic E-state index is -0.0198. The van der Waals surface area contributed by atoms with Crippen molar-refractivity contribution in [3.63, 3.8) is 0 Å². The number of benzene rings is 2. The molecule has 1 atom stereocenters. The molecule has 2 N–H and O–H groups in total. The van der Waals surface area contributed by atoms with Crippen LogP contribution in [0, 0.1) is 0 Å². The number of phenols is 2. The fraction of sp³-hybridized carbons (Fsp3) is 0.250. The van der Waals surface area contributed by atoms with Crippen LogP contribution in [0.4, 0.5) is 0 Å². The molecule has 0 spiro atoms. The van der Waals surface area contributed by atoms with Gasteiger partial charge in [0.1, 0.15) is 11.5 Å². The van der Waals surface area contributed by atoms with Crippen molar-refractivity contribution in [1.29, 1.82) is 0 Å². The molecular formula is C16H17NO2. The van der Waals surface area contributed by atoms with Gasteiger partial charge in [-0.1, -0.05) is 30.3 Å². The van der Waals surface area contributed by atoms with Gasteiger partial charge in [-0.25, -0.2) is 0 Å². The molecule has 0 aromatic heterocycles.